The fraction of sp³-hybridized carbons (Fsp3) is 0.241. The van der Waals surface area contributed by atoms with Crippen LogP contribution >= 0.6 is 12.2 Å². The van der Waals surface area contributed by atoms with Crippen LogP contribution in [0.1, 0.15) is 51.4 Å². The standard InChI is InChI=1S/C29H30N4S/c1-18-13-14-23(16-20(18)3)33-28(27(31-29(33)34)25-11-8-9-15-30-25)24-17-21(4)32(22(24)5)26-12-7-6-10-19(26)2/h6-17,27-28H,1-5H3,(H,31,34)/t27-,28-/m0/s1. The molecule has 1 aliphatic heterocycles. The van der Waals surface area contributed by atoms with E-state index in [0.717, 1.165) is 16.5 Å². The van der Waals surface area contributed by atoms with Crippen LogP contribution in [-0.2, 0) is 0 Å². The molecular formula is C29H30N4S. The van der Waals surface area contributed by atoms with E-state index in [1.54, 1.807) is 0 Å². The molecule has 0 radical (unpaired) electrons. The summed E-state index contributed by atoms with van der Waals surface area (Å²) in [6, 6.07) is 23.4. The zero-order valence-corrected chi connectivity index (χ0v) is 21.1. The van der Waals surface area contributed by atoms with E-state index in [0.29, 0.717) is 0 Å². The molecule has 0 bridgehead atoms. The van der Waals surface area contributed by atoms with Gasteiger partial charge in [0.15, 0.2) is 5.11 Å². The molecule has 34 heavy (non-hydrogen) atoms. The molecule has 5 rings (SSSR count). The van der Waals surface area contributed by atoms with Gasteiger partial charge in [-0.1, -0.05) is 30.3 Å². The van der Waals surface area contributed by atoms with Gasteiger partial charge in [0.2, 0.25) is 0 Å². The zero-order chi connectivity index (χ0) is 24.0. The first-order chi connectivity index (χ1) is 16.4. The number of benzene rings is 2. The summed E-state index contributed by atoms with van der Waals surface area (Å²) >= 11 is 5.93. The van der Waals surface area contributed by atoms with Crippen molar-refractivity contribution in [2.45, 2.75) is 46.7 Å². The van der Waals surface area contributed by atoms with Crippen LogP contribution in [0, 0.1) is 34.6 Å². The molecule has 0 aliphatic carbocycles. The second kappa shape index (κ2) is 8.73. The Labute approximate surface area is 207 Å². The third-order valence-electron chi connectivity index (χ3n) is 7.01. The summed E-state index contributed by atoms with van der Waals surface area (Å²) in [5.41, 5.74) is 10.8. The molecule has 4 nitrogen and oxygen atoms in total. The highest BCUT2D eigenvalue weighted by Crippen LogP contribution is 2.44. The minimum atomic E-state index is -0.0545. The first-order valence-corrected chi connectivity index (χ1v) is 12.1. The maximum absolute atomic E-state index is 5.93. The highest BCUT2D eigenvalue weighted by Gasteiger charge is 2.42. The molecule has 5 heteroatoms. The van der Waals surface area contributed by atoms with Crippen LogP contribution in [0.3, 0.4) is 0 Å². The molecule has 0 amide bonds. The summed E-state index contributed by atoms with van der Waals surface area (Å²) in [4.78, 5) is 6.98. The van der Waals surface area contributed by atoms with Crippen molar-refractivity contribution in [3.63, 3.8) is 0 Å². The lowest BCUT2D eigenvalue weighted by atomic mass is 9.96. The molecule has 2 aromatic heterocycles. The van der Waals surface area contributed by atoms with E-state index < -0.39 is 0 Å². The molecular weight excluding hydrogens is 436 g/mol. The molecule has 4 aromatic rings. The molecule has 0 spiro atoms. The predicted octanol–water partition coefficient (Wildman–Crippen LogP) is 6.59. The van der Waals surface area contributed by atoms with Gasteiger partial charge < -0.3 is 14.8 Å². The van der Waals surface area contributed by atoms with Crippen molar-refractivity contribution < 1.29 is 0 Å². The summed E-state index contributed by atoms with van der Waals surface area (Å²) in [5, 5.41) is 4.32. The Morgan fingerprint density at radius 2 is 1.59 bits per heavy atom. The van der Waals surface area contributed by atoms with Gasteiger partial charge in [0, 0.05) is 29.0 Å². The minimum Gasteiger partial charge on any atom is -0.351 e. The van der Waals surface area contributed by atoms with Crippen molar-refractivity contribution in [3.05, 3.63) is 112 Å². The van der Waals surface area contributed by atoms with Crippen molar-refractivity contribution in [1.82, 2.24) is 14.9 Å². The highest BCUT2D eigenvalue weighted by molar-refractivity contribution is 7.80. The van der Waals surface area contributed by atoms with Gasteiger partial charge in [-0.25, -0.2) is 0 Å². The number of anilines is 1. The van der Waals surface area contributed by atoms with E-state index in [9.17, 15) is 0 Å². The third kappa shape index (κ3) is 3.70. The second-order valence-corrected chi connectivity index (χ2v) is 9.60. The number of aromatic nitrogens is 2. The maximum atomic E-state index is 5.93. The number of aryl methyl sites for hydroxylation is 4. The second-order valence-electron chi connectivity index (χ2n) is 9.21. The first-order valence-electron chi connectivity index (χ1n) is 11.7. The van der Waals surface area contributed by atoms with Crippen molar-refractivity contribution >= 4 is 23.0 Å². The molecule has 2 atom stereocenters. The van der Waals surface area contributed by atoms with Crippen molar-refractivity contribution in [2.75, 3.05) is 4.90 Å². The summed E-state index contributed by atoms with van der Waals surface area (Å²) in [5.74, 6) is 0. The summed E-state index contributed by atoms with van der Waals surface area (Å²) in [7, 11) is 0. The Balaban J connectivity index is 1.70. The molecule has 172 valence electrons. The monoisotopic (exact) mass is 466 g/mol. The average molecular weight is 467 g/mol. The number of nitrogens with one attached hydrogen (secondary N) is 1. The van der Waals surface area contributed by atoms with Gasteiger partial charge in [-0.05, 0) is 105 Å². The largest absolute Gasteiger partial charge is 0.351 e. The van der Waals surface area contributed by atoms with E-state index in [-0.39, 0.29) is 12.1 Å². The molecule has 1 saturated heterocycles. The zero-order valence-electron chi connectivity index (χ0n) is 20.3. The van der Waals surface area contributed by atoms with Crippen LogP contribution in [0.4, 0.5) is 5.69 Å². The third-order valence-corrected chi connectivity index (χ3v) is 7.33. The lowest BCUT2D eigenvalue weighted by Gasteiger charge is -2.28. The Morgan fingerprint density at radius 3 is 2.29 bits per heavy atom. The maximum Gasteiger partial charge on any atom is 0.174 e. The van der Waals surface area contributed by atoms with E-state index in [1.165, 1.54) is 39.3 Å². The smallest absolute Gasteiger partial charge is 0.174 e. The number of rotatable bonds is 4. The van der Waals surface area contributed by atoms with Gasteiger partial charge in [0.25, 0.3) is 0 Å². The van der Waals surface area contributed by atoms with Crippen LogP contribution in [0.15, 0.2) is 72.9 Å². The number of pyridine rings is 1. The molecule has 3 heterocycles. The van der Waals surface area contributed by atoms with Gasteiger partial charge in [-0.2, -0.15) is 0 Å². The Kier molecular flexibility index (Phi) is 5.74. The topological polar surface area (TPSA) is 33.1 Å². The number of hydrogen-bond acceptors (Lipinski definition) is 2. The Bertz CT molecular complexity index is 1370. The molecule has 0 saturated carbocycles. The molecule has 0 unspecified atom stereocenters. The van der Waals surface area contributed by atoms with Gasteiger partial charge >= 0.3 is 0 Å². The first kappa shape index (κ1) is 22.4. The van der Waals surface area contributed by atoms with E-state index >= 15 is 0 Å². The van der Waals surface area contributed by atoms with Crippen molar-refractivity contribution in [3.8, 4) is 5.69 Å². The van der Waals surface area contributed by atoms with Gasteiger partial charge in [0.1, 0.15) is 0 Å². The Hall–Kier alpha value is -3.44. The van der Waals surface area contributed by atoms with Crippen molar-refractivity contribution in [2.24, 2.45) is 0 Å². The molecule has 1 N–H and O–H groups in total. The molecule has 1 fully saturated rings. The summed E-state index contributed by atoms with van der Waals surface area (Å²) in [6.45, 7) is 10.9. The van der Waals surface area contributed by atoms with Crippen LogP contribution in [0.2, 0.25) is 0 Å². The highest BCUT2D eigenvalue weighted by atomic mass is 32.1. The number of nitrogens with zero attached hydrogens (tertiary/aromatic N) is 3. The molecule has 1 aliphatic rings. The lowest BCUT2D eigenvalue weighted by molar-refractivity contribution is 0.565. The fourth-order valence-corrected chi connectivity index (χ4v) is 5.44. The van der Waals surface area contributed by atoms with Gasteiger partial charge in [-0.3, -0.25) is 4.98 Å². The number of thiocarbonyl (C=S) groups is 1. The van der Waals surface area contributed by atoms with Crippen molar-refractivity contribution in [1.29, 1.82) is 0 Å². The fourth-order valence-electron chi connectivity index (χ4n) is 5.10. The lowest BCUT2D eigenvalue weighted by Crippen LogP contribution is -2.29. The SMILES string of the molecule is Cc1ccc(N2C(=S)N[C@@H](c3ccccn3)[C@@H]2c2cc(C)n(-c3ccccc3C)c2C)cc1C. The predicted molar refractivity (Wildman–Crippen MR) is 144 cm³/mol. The number of para-hydroxylation sites is 1. The summed E-state index contributed by atoms with van der Waals surface area (Å²) < 4.78 is 2.36. The normalized spacial score (nSPS) is 17.8. The van der Waals surface area contributed by atoms with Crippen LogP contribution in [0.25, 0.3) is 5.69 Å². The minimum absolute atomic E-state index is 0.0199. The van der Waals surface area contributed by atoms with E-state index in [2.05, 4.69) is 104 Å². The van der Waals surface area contributed by atoms with Crippen LogP contribution in [0.5, 0.6) is 0 Å². The van der Waals surface area contributed by atoms with Gasteiger partial charge in [0.05, 0.1) is 17.8 Å². The summed E-state index contributed by atoms with van der Waals surface area (Å²) in [6.07, 6.45) is 1.85. The van der Waals surface area contributed by atoms with E-state index in [1.807, 2.05) is 18.3 Å². The van der Waals surface area contributed by atoms with Crippen LogP contribution < -0.4 is 10.2 Å². The Morgan fingerprint density at radius 1 is 0.824 bits per heavy atom. The number of hydrogen-bond donors (Lipinski definition) is 1. The van der Waals surface area contributed by atoms with Crippen LogP contribution in [-0.4, -0.2) is 14.7 Å². The molecule has 2 aromatic carbocycles. The quantitative estimate of drug-likeness (QED) is 0.344. The average Bonchev–Trinajstić information content (AvgIpc) is 3.32. The van der Waals surface area contributed by atoms with E-state index in [4.69, 9.17) is 17.2 Å². The van der Waals surface area contributed by atoms with Gasteiger partial charge in [-0.15, -0.1) is 0 Å².